The Morgan fingerprint density at radius 1 is 1.17 bits per heavy atom. The number of ether oxygens (including phenoxy) is 3. The second kappa shape index (κ2) is 5.80. The fourth-order valence-corrected chi connectivity index (χ4v) is 3.64. The Kier molecular flexibility index (Phi) is 4.24. The molecule has 0 bridgehead atoms. The molecule has 0 saturated carbocycles. The first-order valence-electron chi connectivity index (χ1n) is 7.33. The summed E-state index contributed by atoms with van der Waals surface area (Å²) in [5.41, 5.74) is 0.952. The molecule has 7 nitrogen and oxygen atoms in total. The van der Waals surface area contributed by atoms with E-state index in [4.69, 9.17) is 18.4 Å². The minimum atomic E-state index is -3.90. The van der Waals surface area contributed by atoms with Gasteiger partial charge in [-0.25, -0.2) is 0 Å². The number of fused-ring (bicyclic) bond motifs is 1. The quantitative estimate of drug-likeness (QED) is 0.813. The highest BCUT2D eigenvalue weighted by molar-refractivity contribution is 7.86. The Hall–Kier alpha value is -1.03. The zero-order chi connectivity index (χ0) is 16.8. The van der Waals surface area contributed by atoms with Gasteiger partial charge in [0.25, 0.3) is 10.1 Å². The summed E-state index contributed by atoms with van der Waals surface area (Å²) >= 11 is 0. The van der Waals surface area contributed by atoms with Gasteiger partial charge in [-0.2, -0.15) is 8.42 Å². The number of aliphatic hydroxyl groups is 1. The smallest absolute Gasteiger partial charge is 0.297 e. The molecule has 0 unspecified atom stereocenters. The van der Waals surface area contributed by atoms with Crippen LogP contribution < -0.4 is 0 Å². The van der Waals surface area contributed by atoms with Gasteiger partial charge in [0.2, 0.25) is 0 Å². The first-order chi connectivity index (χ1) is 10.7. The van der Waals surface area contributed by atoms with Gasteiger partial charge in [-0.3, -0.25) is 4.18 Å². The van der Waals surface area contributed by atoms with E-state index in [1.807, 2.05) is 6.92 Å². The van der Waals surface area contributed by atoms with Crippen LogP contribution in [-0.2, 0) is 28.5 Å². The van der Waals surface area contributed by atoms with Gasteiger partial charge < -0.3 is 19.3 Å². The van der Waals surface area contributed by atoms with Crippen LogP contribution >= 0.6 is 0 Å². The number of benzene rings is 1. The molecule has 23 heavy (non-hydrogen) atoms. The SMILES string of the molecule is Cc1ccc(S(=O)(=O)OC[C@H]2O[C@H](O)[C@@H]3OC(C)(C)O[C@@H]32)cc1. The van der Waals surface area contributed by atoms with Crippen molar-refractivity contribution in [3.8, 4) is 0 Å². The van der Waals surface area contributed by atoms with Crippen molar-refractivity contribution >= 4 is 10.1 Å². The molecule has 0 amide bonds. The van der Waals surface area contributed by atoms with Gasteiger partial charge in [-0.1, -0.05) is 17.7 Å². The Balaban J connectivity index is 1.67. The molecule has 0 aliphatic carbocycles. The number of hydrogen-bond donors (Lipinski definition) is 1. The Labute approximate surface area is 135 Å². The summed E-state index contributed by atoms with van der Waals surface area (Å²) in [6.45, 7) is 5.05. The number of aliphatic hydroxyl groups excluding tert-OH is 1. The normalized spacial score (nSPS) is 32.9. The zero-order valence-corrected chi connectivity index (χ0v) is 13.9. The highest BCUT2D eigenvalue weighted by Gasteiger charge is 2.55. The van der Waals surface area contributed by atoms with Gasteiger partial charge in [0, 0.05) is 0 Å². The molecule has 2 heterocycles. The predicted molar refractivity (Wildman–Crippen MR) is 79.0 cm³/mol. The second-order valence-corrected chi connectivity index (χ2v) is 7.80. The largest absolute Gasteiger partial charge is 0.366 e. The topological polar surface area (TPSA) is 91.3 Å². The first kappa shape index (κ1) is 16.8. The van der Waals surface area contributed by atoms with E-state index in [2.05, 4.69) is 0 Å². The van der Waals surface area contributed by atoms with Crippen molar-refractivity contribution in [3.05, 3.63) is 29.8 Å². The summed E-state index contributed by atoms with van der Waals surface area (Å²) in [5, 5.41) is 9.85. The first-order valence-corrected chi connectivity index (χ1v) is 8.74. The van der Waals surface area contributed by atoms with Crippen molar-refractivity contribution < 1.29 is 31.9 Å². The minimum absolute atomic E-state index is 0.0714. The van der Waals surface area contributed by atoms with E-state index in [9.17, 15) is 13.5 Å². The van der Waals surface area contributed by atoms with Gasteiger partial charge >= 0.3 is 0 Å². The molecular weight excluding hydrogens is 324 g/mol. The lowest BCUT2D eigenvalue weighted by Gasteiger charge is -2.22. The molecule has 1 aromatic rings. The molecule has 128 valence electrons. The molecule has 2 fully saturated rings. The fraction of sp³-hybridized carbons (Fsp3) is 0.600. The van der Waals surface area contributed by atoms with E-state index in [1.54, 1.807) is 26.0 Å². The summed E-state index contributed by atoms with van der Waals surface area (Å²) < 4.78 is 45.9. The van der Waals surface area contributed by atoms with Crippen LogP contribution in [-0.4, -0.2) is 50.5 Å². The number of hydrogen-bond acceptors (Lipinski definition) is 7. The van der Waals surface area contributed by atoms with E-state index in [1.165, 1.54) is 12.1 Å². The van der Waals surface area contributed by atoms with Crippen LogP contribution in [0.25, 0.3) is 0 Å². The van der Waals surface area contributed by atoms with Crippen molar-refractivity contribution in [3.63, 3.8) is 0 Å². The van der Waals surface area contributed by atoms with E-state index in [0.29, 0.717) is 0 Å². The highest BCUT2D eigenvalue weighted by Crippen LogP contribution is 2.38. The minimum Gasteiger partial charge on any atom is -0.366 e. The molecule has 2 aliphatic rings. The average molecular weight is 344 g/mol. The van der Waals surface area contributed by atoms with Crippen LogP contribution in [0.5, 0.6) is 0 Å². The molecule has 0 aromatic heterocycles. The summed E-state index contributed by atoms with van der Waals surface area (Å²) in [4.78, 5) is 0.0714. The molecular formula is C15H20O7S. The summed E-state index contributed by atoms with van der Waals surface area (Å²) in [5.74, 6) is -0.853. The average Bonchev–Trinajstić information content (AvgIpc) is 2.92. The summed E-state index contributed by atoms with van der Waals surface area (Å²) in [6.07, 6.45) is -3.12. The van der Waals surface area contributed by atoms with Crippen LogP contribution in [0.4, 0.5) is 0 Å². The van der Waals surface area contributed by atoms with E-state index < -0.39 is 40.5 Å². The maximum absolute atomic E-state index is 12.2. The Morgan fingerprint density at radius 2 is 1.78 bits per heavy atom. The Morgan fingerprint density at radius 3 is 2.43 bits per heavy atom. The monoisotopic (exact) mass is 344 g/mol. The molecule has 4 atom stereocenters. The molecule has 0 radical (unpaired) electrons. The standard InChI is InChI=1S/C15H20O7S/c1-9-4-6-10(7-5-9)23(17,18)19-8-11-12-13(14(16)20-11)22-15(2,3)21-12/h4-7,11-14,16H,8H2,1-3H3/t11-,12-,13-,14+/m1/s1. The highest BCUT2D eigenvalue weighted by atomic mass is 32.2. The van der Waals surface area contributed by atoms with Crippen molar-refractivity contribution in [2.45, 2.75) is 56.1 Å². The van der Waals surface area contributed by atoms with Gasteiger partial charge in [-0.15, -0.1) is 0 Å². The van der Waals surface area contributed by atoms with E-state index in [-0.39, 0.29) is 11.5 Å². The van der Waals surface area contributed by atoms with Gasteiger partial charge in [-0.05, 0) is 32.9 Å². The third-order valence-corrected chi connectivity index (χ3v) is 5.12. The fourth-order valence-electron chi connectivity index (χ4n) is 2.72. The molecule has 2 aliphatic heterocycles. The zero-order valence-electron chi connectivity index (χ0n) is 13.1. The predicted octanol–water partition coefficient (Wildman–Crippen LogP) is 0.938. The second-order valence-electron chi connectivity index (χ2n) is 6.18. The lowest BCUT2D eigenvalue weighted by Crippen LogP contribution is -2.33. The molecule has 2 saturated heterocycles. The van der Waals surface area contributed by atoms with Crippen LogP contribution in [0.1, 0.15) is 19.4 Å². The molecule has 8 heteroatoms. The molecule has 1 N–H and O–H groups in total. The van der Waals surface area contributed by atoms with Crippen LogP contribution in [0.3, 0.4) is 0 Å². The van der Waals surface area contributed by atoms with E-state index in [0.717, 1.165) is 5.56 Å². The van der Waals surface area contributed by atoms with Crippen molar-refractivity contribution in [1.82, 2.24) is 0 Å². The summed E-state index contributed by atoms with van der Waals surface area (Å²) in [7, 11) is -3.90. The lowest BCUT2D eigenvalue weighted by atomic mass is 10.1. The molecule has 0 spiro atoms. The van der Waals surface area contributed by atoms with Crippen LogP contribution in [0.2, 0.25) is 0 Å². The maximum atomic E-state index is 12.2. The van der Waals surface area contributed by atoms with Crippen LogP contribution in [0.15, 0.2) is 29.2 Å². The third kappa shape index (κ3) is 3.42. The van der Waals surface area contributed by atoms with Gasteiger partial charge in [0.05, 0.1) is 11.5 Å². The number of aryl methyl sites for hydroxylation is 1. The lowest BCUT2D eigenvalue weighted by molar-refractivity contribution is -0.222. The third-order valence-electron chi connectivity index (χ3n) is 3.82. The molecule has 3 rings (SSSR count). The van der Waals surface area contributed by atoms with Gasteiger partial charge in [0.15, 0.2) is 12.1 Å². The summed E-state index contributed by atoms with van der Waals surface area (Å²) in [6, 6.07) is 6.35. The van der Waals surface area contributed by atoms with Crippen LogP contribution in [0, 0.1) is 6.92 Å². The number of rotatable bonds is 4. The maximum Gasteiger partial charge on any atom is 0.297 e. The van der Waals surface area contributed by atoms with Crippen molar-refractivity contribution in [2.24, 2.45) is 0 Å². The van der Waals surface area contributed by atoms with Gasteiger partial charge in [0.1, 0.15) is 18.3 Å². The van der Waals surface area contributed by atoms with Crippen molar-refractivity contribution in [2.75, 3.05) is 6.61 Å². The van der Waals surface area contributed by atoms with E-state index >= 15 is 0 Å². The Bertz CT molecular complexity index is 668. The molecule has 1 aromatic carbocycles. The van der Waals surface area contributed by atoms with Crippen molar-refractivity contribution in [1.29, 1.82) is 0 Å².